The Morgan fingerprint density at radius 3 is 2.56 bits per heavy atom. The second-order valence-electron chi connectivity index (χ2n) is 3.57. The number of carbonyl (C=O) groups excluding carboxylic acids is 1. The van der Waals surface area contributed by atoms with Gasteiger partial charge in [0.1, 0.15) is 0 Å². The number of amides is 1. The Bertz CT molecular complexity index is 601. The van der Waals surface area contributed by atoms with Gasteiger partial charge in [-0.25, -0.2) is 8.78 Å². The number of anilines is 1. The Morgan fingerprint density at radius 1 is 1.11 bits per heavy atom. The van der Waals surface area contributed by atoms with Crippen LogP contribution >= 0.6 is 15.9 Å². The van der Waals surface area contributed by atoms with E-state index < -0.39 is 17.5 Å². The molecule has 0 aliphatic carbocycles. The van der Waals surface area contributed by atoms with Crippen molar-refractivity contribution >= 4 is 27.5 Å². The van der Waals surface area contributed by atoms with E-state index in [0.717, 1.165) is 10.5 Å². The highest BCUT2D eigenvalue weighted by atomic mass is 79.9. The molecule has 0 aliphatic heterocycles. The predicted octanol–water partition coefficient (Wildman–Crippen LogP) is 3.98. The molecule has 2 aromatic rings. The lowest BCUT2D eigenvalue weighted by Crippen LogP contribution is -2.14. The summed E-state index contributed by atoms with van der Waals surface area (Å²) >= 11 is 3.25. The maximum atomic E-state index is 13.4. The third-order valence-electron chi connectivity index (χ3n) is 2.28. The van der Waals surface area contributed by atoms with Crippen LogP contribution in [0.15, 0.2) is 46.9 Å². The van der Waals surface area contributed by atoms with Gasteiger partial charge in [0.15, 0.2) is 11.6 Å². The van der Waals surface area contributed by atoms with Gasteiger partial charge >= 0.3 is 0 Å². The highest BCUT2D eigenvalue weighted by Gasteiger charge is 2.14. The standard InChI is InChI=1S/C13H8BrF2NO/c14-8-3-1-4-9(7-8)17-13(18)10-5-2-6-11(15)12(10)16/h1-7H,(H,17,18). The van der Waals surface area contributed by atoms with Gasteiger partial charge in [-0.2, -0.15) is 0 Å². The van der Waals surface area contributed by atoms with E-state index in [9.17, 15) is 13.6 Å². The minimum Gasteiger partial charge on any atom is -0.322 e. The molecule has 0 saturated heterocycles. The summed E-state index contributed by atoms with van der Waals surface area (Å²) in [5.41, 5.74) is 0.174. The smallest absolute Gasteiger partial charge is 0.258 e. The van der Waals surface area contributed by atoms with E-state index in [1.165, 1.54) is 12.1 Å². The predicted molar refractivity (Wildman–Crippen MR) is 68.5 cm³/mol. The highest BCUT2D eigenvalue weighted by Crippen LogP contribution is 2.18. The van der Waals surface area contributed by atoms with Crippen LogP contribution in [0.4, 0.5) is 14.5 Å². The third-order valence-corrected chi connectivity index (χ3v) is 2.77. The van der Waals surface area contributed by atoms with Crippen molar-refractivity contribution in [3.05, 3.63) is 64.1 Å². The van der Waals surface area contributed by atoms with Gasteiger partial charge in [-0.05, 0) is 30.3 Å². The number of hydrogen-bond acceptors (Lipinski definition) is 1. The topological polar surface area (TPSA) is 29.1 Å². The van der Waals surface area contributed by atoms with Crippen LogP contribution in [0.5, 0.6) is 0 Å². The zero-order valence-electron chi connectivity index (χ0n) is 9.08. The van der Waals surface area contributed by atoms with Gasteiger partial charge in [-0.1, -0.05) is 28.1 Å². The molecule has 2 nitrogen and oxygen atoms in total. The lowest BCUT2D eigenvalue weighted by molar-refractivity contribution is 0.102. The summed E-state index contributed by atoms with van der Waals surface area (Å²) in [5, 5.41) is 2.49. The molecule has 0 saturated carbocycles. The van der Waals surface area contributed by atoms with Crippen LogP contribution in [0, 0.1) is 11.6 Å². The summed E-state index contributed by atoms with van der Waals surface area (Å²) < 4.78 is 27.1. The molecule has 0 unspecified atom stereocenters. The van der Waals surface area contributed by atoms with Crippen molar-refractivity contribution in [3.8, 4) is 0 Å². The van der Waals surface area contributed by atoms with Crippen molar-refractivity contribution in [1.29, 1.82) is 0 Å². The van der Waals surface area contributed by atoms with Gasteiger partial charge in [-0.3, -0.25) is 4.79 Å². The molecule has 5 heteroatoms. The molecule has 1 N–H and O–H groups in total. The molecule has 1 amide bonds. The van der Waals surface area contributed by atoms with Gasteiger partial charge in [0, 0.05) is 10.2 Å². The second kappa shape index (κ2) is 5.27. The molecule has 92 valence electrons. The Balaban J connectivity index is 2.25. The first-order valence-corrected chi connectivity index (χ1v) is 5.88. The zero-order valence-corrected chi connectivity index (χ0v) is 10.7. The molecule has 0 radical (unpaired) electrons. The average Bonchev–Trinajstić information content (AvgIpc) is 2.32. The van der Waals surface area contributed by atoms with Crippen molar-refractivity contribution < 1.29 is 13.6 Å². The molecule has 0 atom stereocenters. The Hall–Kier alpha value is -1.75. The summed E-state index contributed by atoms with van der Waals surface area (Å²) in [4.78, 5) is 11.8. The van der Waals surface area contributed by atoms with Crippen LogP contribution in [-0.4, -0.2) is 5.91 Å². The molecule has 0 heterocycles. The normalized spacial score (nSPS) is 10.2. The third kappa shape index (κ3) is 2.73. The quantitative estimate of drug-likeness (QED) is 0.893. The Kier molecular flexibility index (Phi) is 3.72. The number of hydrogen-bond donors (Lipinski definition) is 1. The molecule has 2 rings (SSSR count). The second-order valence-corrected chi connectivity index (χ2v) is 4.48. The van der Waals surface area contributed by atoms with Gasteiger partial charge < -0.3 is 5.32 Å². The zero-order chi connectivity index (χ0) is 13.1. The van der Waals surface area contributed by atoms with Gasteiger partial charge in [0.25, 0.3) is 5.91 Å². The van der Waals surface area contributed by atoms with Crippen molar-refractivity contribution in [2.75, 3.05) is 5.32 Å². The maximum absolute atomic E-state index is 13.4. The highest BCUT2D eigenvalue weighted by molar-refractivity contribution is 9.10. The fourth-order valence-corrected chi connectivity index (χ4v) is 1.84. The van der Waals surface area contributed by atoms with E-state index in [2.05, 4.69) is 21.2 Å². The van der Waals surface area contributed by atoms with E-state index in [0.29, 0.717) is 5.69 Å². The van der Waals surface area contributed by atoms with E-state index in [1.807, 2.05) is 0 Å². The molecule has 0 bridgehead atoms. The molecule has 18 heavy (non-hydrogen) atoms. The number of halogens is 3. The number of carbonyl (C=O) groups is 1. The Morgan fingerprint density at radius 2 is 1.83 bits per heavy atom. The van der Waals surface area contributed by atoms with Crippen LogP contribution in [0.25, 0.3) is 0 Å². The lowest BCUT2D eigenvalue weighted by atomic mass is 10.2. The average molecular weight is 312 g/mol. The van der Waals surface area contributed by atoms with E-state index in [1.54, 1.807) is 24.3 Å². The minimum absolute atomic E-state index is 0.324. The summed E-state index contributed by atoms with van der Waals surface area (Å²) in [6.07, 6.45) is 0. The largest absolute Gasteiger partial charge is 0.322 e. The maximum Gasteiger partial charge on any atom is 0.258 e. The summed E-state index contributed by atoms with van der Waals surface area (Å²) in [7, 11) is 0. The lowest BCUT2D eigenvalue weighted by Gasteiger charge is -2.06. The van der Waals surface area contributed by atoms with E-state index >= 15 is 0 Å². The summed E-state index contributed by atoms with van der Waals surface area (Å²) in [6.45, 7) is 0. The summed E-state index contributed by atoms with van der Waals surface area (Å²) in [5.74, 6) is -2.88. The van der Waals surface area contributed by atoms with Crippen LogP contribution in [-0.2, 0) is 0 Å². The number of rotatable bonds is 2. The molecular weight excluding hydrogens is 304 g/mol. The first-order valence-electron chi connectivity index (χ1n) is 5.09. The van der Waals surface area contributed by atoms with E-state index in [4.69, 9.17) is 0 Å². The van der Waals surface area contributed by atoms with Gasteiger partial charge in [0.2, 0.25) is 0 Å². The van der Waals surface area contributed by atoms with Crippen LogP contribution < -0.4 is 5.32 Å². The fraction of sp³-hybridized carbons (Fsp3) is 0. The number of nitrogens with one attached hydrogen (secondary N) is 1. The fourth-order valence-electron chi connectivity index (χ4n) is 1.44. The molecule has 0 aliphatic rings. The SMILES string of the molecule is O=C(Nc1cccc(Br)c1)c1cccc(F)c1F. The molecule has 2 aromatic carbocycles. The van der Waals surface area contributed by atoms with Crippen molar-refractivity contribution in [2.24, 2.45) is 0 Å². The summed E-state index contributed by atoms with van der Waals surface area (Å²) in [6, 6.07) is 10.3. The number of benzene rings is 2. The van der Waals surface area contributed by atoms with Gasteiger partial charge in [-0.15, -0.1) is 0 Å². The van der Waals surface area contributed by atoms with Gasteiger partial charge in [0.05, 0.1) is 5.56 Å². The van der Waals surface area contributed by atoms with E-state index in [-0.39, 0.29) is 5.56 Å². The first-order chi connectivity index (χ1) is 8.58. The van der Waals surface area contributed by atoms with Crippen molar-refractivity contribution in [2.45, 2.75) is 0 Å². The van der Waals surface area contributed by atoms with Crippen LogP contribution in [0.1, 0.15) is 10.4 Å². The molecule has 0 spiro atoms. The monoisotopic (exact) mass is 311 g/mol. The van der Waals surface area contributed by atoms with Crippen molar-refractivity contribution in [3.63, 3.8) is 0 Å². The molecule has 0 fully saturated rings. The van der Waals surface area contributed by atoms with Crippen LogP contribution in [0.2, 0.25) is 0 Å². The molecule has 0 aromatic heterocycles. The van der Waals surface area contributed by atoms with Crippen molar-refractivity contribution in [1.82, 2.24) is 0 Å². The minimum atomic E-state index is -1.15. The van der Waals surface area contributed by atoms with Crippen LogP contribution in [0.3, 0.4) is 0 Å². The Labute approximate surface area is 111 Å². The molecular formula is C13H8BrF2NO. The first kappa shape index (κ1) is 12.7.